The van der Waals surface area contributed by atoms with Crippen LogP contribution in [0.1, 0.15) is 23.7 Å². The van der Waals surface area contributed by atoms with Gasteiger partial charge in [-0.1, -0.05) is 35.3 Å². The lowest BCUT2D eigenvalue weighted by Gasteiger charge is -2.14. The normalized spacial score (nSPS) is 12.8. The molecule has 0 aliphatic rings. The molecule has 0 spiro atoms. The van der Waals surface area contributed by atoms with E-state index in [4.69, 9.17) is 34.8 Å². The number of imidazole rings is 1. The molecule has 0 saturated heterocycles. The van der Waals surface area contributed by atoms with Crippen LogP contribution in [0.4, 0.5) is 0 Å². The van der Waals surface area contributed by atoms with Crippen molar-refractivity contribution in [2.75, 3.05) is 0 Å². The Morgan fingerprint density at radius 1 is 1.14 bits per heavy atom. The van der Waals surface area contributed by atoms with E-state index in [1.165, 1.54) is 0 Å². The van der Waals surface area contributed by atoms with E-state index in [1.807, 2.05) is 54.8 Å². The van der Waals surface area contributed by atoms with Gasteiger partial charge in [0.25, 0.3) is 0 Å². The smallest absolute Gasteiger partial charge is 0.132 e. The molecule has 0 saturated carbocycles. The molecule has 5 heteroatoms. The molecule has 0 radical (unpaired) electrons. The Morgan fingerprint density at radius 2 is 1.90 bits per heavy atom. The molecule has 2 aromatic carbocycles. The third-order valence-electron chi connectivity index (χ3n) is 3.42. The first kappa shape index (κ1) is 14.7. The van der Waals surface area contributed by atoms with Gasteiger partial charge in [-0.05, 0) is 43.7 Å². The lowest BCUT2D eigenvalue weighted by molar-refractivity contribution is 0.878. The topological polar surface area (TPSA) is 17.8 Å². The molecular formula is C16H13Cl3N2. The lowest BCUT2D eigenvalue weighted by Crippen LogP contribution is -2.04. The molecule has 3 aromatic rings. The number of halogens is 3. The maximum atomic E-state index is 6.39. The van der Waals surface area contributed by atoms with Gasteiger partial charge in [0.05, 0.1) is 27.1 Å². The fraction of sp³-hybridized carbons (Fsp3) is 0.188. The molecule has 1 aromatic heterocycles. The fourth-order valence-electron chi connectivity index (χ4n) is 2.44. The number of fused-ring (bicyclic) bond motifs is 1. The number of hydrogen-bond donors (Lipinski definition) is 0. The van der Waals surface area contributed by atoms with Crippen LogP contribution in [-0.4, -0.2) is 9.55 Å². The highest BCUT2D eigenvalue weighted by atomic mass is 35.5. The van der Waals surface area contributed by atoms with Gasteiger partial charge in [0.2, 0.25) is 0 Å². The number of nitrogens with zero attached hydrogens (tertiary/aromatic N) is 2. The Labute approximate surface area is 138 Å². The van der Waals surface area contributed by atoms with Crippen molar-refractivity contribution in [3.05, 3.63) is 57.8 Å². The average molecular weight is 340 g/mol. The summed E-state index contributed by atoms with van der Waals surface area (Å²) in [5.74, 6) is 0.755. The number of aromatic nitrogens is 2. The van der Waals surface area contributed by atoms with Gasteiger partial charge in [-0.25, -0.2) is 4.98 Å². The number of rotatable bonds is 2. The van der Waals surface area contributed by atoms with E-state index in [0.717, 1.165) is 28.1 Å². The van der Waals surface area contributed by atoms with E-state index in [9.17, 15) is 0 Å². The SMILES string of the molecule is Cc1ccc(Cl)cc1-n1c(C(C)Cl)nc2cccc(Cl)c21. The summed E-state index contributed by atoms with van der Waals surface area (Å²) in [5.41, 5.74) is 3.70. The first-order valence-electron chi connectivity index (χ1n) is 6.56. The summed E-state index contributed by atoms with van der Waals surface area (Å²) in [4.78, 5) is 4.62. The van der Waals surface area contributed by atoms with Crippen LogP contribution >= 0.6 is 34.8 Å². The summed E-state index contributed by atoms with van der Waals surface area (Å²) in [6.07, 6.45) is 0. The van der Waals surface area contributed by atoms with Crippen LogP contribution in [-0.2, 0) is 0 Å². The minimum Gasteiger partial charge on any atom is -0.293 e. The van der Waals surface area contributed by atoms with Gasteiger partial charge < -0.3 is 0 Å². The van der Waals surface area contributed by atoms with Crippen LogP contribution in [0.25, 0.3) is 16.7 Å². The number of aryl methyl sites for hydroxylation is 1. The zero-order chi connectivity index (χ0) is 15.1. The van der Waals surface area contributed by atoms with Gasteiger partial charge >= 0.3 is 0 Å². The van der Waals surface area contributed by atoms with E-state index in [0.29, 0.717) is 10.0 Å². The van der Waals surface area contributed by atoms with Crippen LogP contribution in [0, 0.1) is 6.92 Å². The summed E-state index contributed by atoms with van der Waals surface area (Å²) in [7, 11) is 0. The zero-order valence-electron chi connectivity index (χ0n) is 11.6. The van der Waals surface area contributed by atoms with Gasteiger partial charge in [-0.2, -0.15) is 0 Å². The Bertz CT molecular complexity index is 822. The van der Waals surface area contributed by atoms with Crippen molar-refractivity contribution in [1.82, 2.24) is 9.55 Å². The highest BCUT2D eigenvalue weighted by molar-refractivity contribution is 6.35. The van der Waals surface area contributed by atoms with Crippen LogP contribution in [0.3, 0.4) is 0 Å². The maximum Gasteiger partial charge on any atom is 0.132 e. The van der Waals surface area contributed by atoms with Crippen molar-refractivity contribution < 1.29 is 0 Å². The molecule has 21 heavy (non-hydrogen) atoms. The van der Waals surface area contributed by atoms with E-state index in [1.54, 1.807) is 0 Å². The third-order valence-corrected chi connectivity index (χ3v) is 4.16. The van der Waals surface area contributed by atoms with Gasteiger partial charge in [0, 0.05) is 5.02 Å². The Kier molecular flexibility index (Phi) is 3.87. The largest absolute Gasteiger partial charge is 0.293 e. The van der Waals surface area contributed by atoms with Crippen molar-refractivity contribution in [2.45, 2.75) is 19.2 Å². The second-order valence-electron chi connectivity index (χ2n) is 4.96. The standard InChI is InChI=1S/C16H13Cl3N2/c1-9-6-7-11(18)8-14(9)21-15-12(19)4-3-5-13(15)20-16(21)10(2)17/h3-8,10H,1-2H3. The Morgan fingerprint density at radius 3 is 2.62 bits per heavy atom. The summed E-state index contributed by atoms with van der Waals surface area (Å²) in [5, 5.41) is 1.06. The predicted octanol–water partition coefficient (Wildman–Crippen LogP) is 5.94. The molecular weight excluding hydrogens is 327 g/mol. The van der Waals surface area contributed by atoms with Crippen LogP contribution in [0.2, 0.25) is 10.0 Å². The van der Waals surface area contributed by atoms with Gasteiger partial charge in [0.1, 0.15) is 5.82 Å². The van der Waals surface area contributed by atoms with Crippen molar-refractivity contribution in [3.8, 4) is 5.69 Å². The number of benzene rings is 2. The first-order valence-corrected chi connectivity index (χ1v) is 7.75. The molecule has 1 atom stereocenters. The van der Waals surface area contributed by atoms with Gasteiger partial charge in [-0.3, -0.25) is 4.57 Å². The lowest BCUT2D eigenvalue weighted by atomic mass is 10.2. The predicted molar refractivity (Wildman–Crippen MR) is 90.1 cm³/mol. The van der Waals surface area contributed by atoms with Gasteiger partial charge in [0.15, 0.2) is 0 Å². The van der Waals surface area contributed by atoms with Crippen LogP contribution in [0.5, 0.6) is 0 Å². The summed E-state index contributed by atoms with van der Waals surface area (Å²) in [6, 6.07) is 11.4. The third kappa shape index (κ3) is 2.52. The quantitative estimate of drug-likeness (QED) is 0.528. The van der Waals surface area contributed by atoms with Crippen molar-refractivity contribution in [3.63, 3.8) is 0 Å². The molecule has 0 amide bonds. The molecule has 0 aliphatic carbocycles. The Hall–Kier alpha value is -1.22. The van der Waals surface area contributed by atoms with Crippen molar-refractivity contribution in [1.29, 1.82) is 0 Å². The first-order chi connectivity index (χ1) is 9.99. The Balaban J connectivity index is 2.44. The molecule has 0 fully saturated rings. The number of hydrogen-bond acceptors (Lipinski definition) is 1. The molecule has 108 valence electrons. The van der Waals surface area contributed by atoms with E-state index >= 15 is 0 Å². The van der Waals surface area contributed by atoms with E-state index < -0.39 is 0 Å². The van der Waals surface area contributed by atoms with Gasteiger partial charge in [-0.15, -0.1) is 11.6 Å². The second kappa shape index (κ2) is 5.53. The molecule has 3 rings (SSSR count). The number of alkyl halides is 1. The van der Waals surface area contributed by atoms with E-state index in [-0.39, 0.29) is 5.38 Å². The van der Waals surface area contributed by atoms with Crippen molar-refractivity contribution in [2.24, 2.45) is 0 Å². The summed E-state index contributed by atoms with van der Waals surface area (Å²) < 4.78 is 2.00. The summed E-state index contributed by atoms with van der Waals surface area (Å²) >= 11 is 18.9. The second-order valence-corrected chi connectivity index (χ2v) is 6.46. The minimum atomic E-state index is -0.244. The molecule has 0 bridgehead atoms. The molecule has 0 aliphatic heterocycles. The number of para-hydroxylation sites is 1. The maximum absolute atomic E-state index is 6.39. The van der Waals surface area contributed by atoms with Crippen molar-refractivity contribution >= 4 is 45.8 Å². The zero-order valence-corrected chi connectivity index (χ0v) is 13.8. The fourth-order valence-corrected chi connectivity index (χ4v) is 3.00. The monoisotopic (exact) mass is 338 g/mol. The summed E-state index contributed by atoms with van der Waals surface area (Å²) in [6.45, 7) is 3.92. The van der Waals surface area contributed by atoms with Crippen LogP contribution in [0.15, 0.2) is 36.4 Å². The molecule has 2 nitrogen and oxygen atoms in total. The van der Waals surface area contributed by atoms with Crippen LogP contribution < -0.4 is 0 Å². The highest BCUT2D eigenvalue weighted by Crippen LogP contribution is 2.33. The highest BCUT2D eigenvalue weighted by Gasteiger charge is 2.19. The molecule has 0 N–H and O–H groups in total. The molecule has 1 heterocycles. The molecule has 1 unspecified atom stereocenters. The average Bonchev–Trinajstić information content (AvgIpc) is 2.82. The van der Waals surface area contributed by atoms with E-state index in [2.05, 4.69) is 4.98 Å². The minimum absolute atomic E-state index is 0.244.